The van der Waals surface area contributed by atoms with Gasteiger partial charge in [-0.2, -0.15) is 0 Å². The molecule has 3 heterocycles. The van der Waals surface area contributed by atoms with Crippen molar-refractivity contribution in [3.63, 3.8) is 0 Å². The number of hydrogen-bond donors (Lipinski definition) is 3. The molecule has 0 unspecified atom stereocenters. The highest BCUT2D eigenvalue weighted by molar-refractivity contribution is 5.77. The molecule has 3 aromatic rings. The fourth-order valence-electron chi connectivity index (χ4n) is 7.66. The lowest BCUT2D eigenvalue weighted by Gasteiger charge is -2.61. The summed E-state index contributed by atoms with van der Waals surface area (Å²) in [7, 11) is 0. The molecular weight excluding hydrogens is 442 g/mol. The van der Waals surface area contributed by atoms with Crippen molar-refractivity contribution < 1.29 is 14.9 Å². The Hall–Kier alpha value is -2.77. The van der Waals surface area contributed by atoms with Crippen LogP contribution in [-0.4, -0.2) is 55.7 Å². The second-order valence-corrected chi connectivity index (χ2v) is 11.3. The molecule has 0 bridgehead atoms. The number of para-hydroxylation sites is 1. The van der Waals surface area contributed by atoms with E-state index in [4.69, 9.17) is 4.74 Å². The SMILES string of the molecule is Cc1ccc(O)c2c1[C@]13CCN(CC4CC4)[C@H](C)[C@]1(O)CC[C@@H](n1[nH]c4ccccc4c1=O)[C@@H]3O2. The lowest BCUT2D eigenvalue weighted by Crippen LogP contribution is -2.74. The number of H-pyrrole nitrogens is 1. The molecule has 2 aliphatic heterocycles. The number of aryl methyl sites for hydroxylation is 1. The monoisotopic (exact) mass is 475 g/mol. The average molecular weight is 476 g/mol. The molecule has 5 atom stereocenters. The first-order valence-corrected chi connectivity index (χ1v) is 13.0. The van der Waals surface area contributed by atoms with E-state index in [0.717, 1.165) is 42.1 Å². The van der Waals surface area contributed by atoms with Crippen LogP contribution in [-0.2, 0) is 5.41 Å². The van der Waals surface area contributed by atoms with Gasteiger partial charge < -0.3 is 14.9 Å². The Labute approximate surface area is 204 Å². The molecule has 2 aliphatic carbocycles. The van der Waals surface area contributed by atoms with Crippen molar-refractivity contribution in [2.75, 3.05) is 13.1 Å². The number of phenols is 1. The minimum atomic E-state index is -1.03. The summed E-state index contributed by atoms with van der Waals surface area (Å²) in [5.41, 5.74) is 0.953. The molecule has 3 fully saturated rings. The maximum absolute atomic E-state index is 13.5. The van der Waals surface area contributed by atoms with Gasteiger partial charge in [-0.25, -0.2) is 4.68 Å². The summed E-state index contributed by atoms with van der Waals surface area (Å²) in [5, 5.41) is 27.5. The van der Waals surface area contributed by atoms with Crippen molar-refractivity contribution in [2.45, 2.75) is 75.2 Å². The topological polar surface area (TPSA) is 90.7 Å². The number of aromatic amines is 1. The third-order valence-electron chi connectivity index (χ3n) is 9.64. The molecule has 2 saturated carbocycles. The van der Waals surface area contributed by atoms with Crippen molar-refractivity contribution in [1.29, 1.82) is 0 Å². The van der Waals surface area contributed by atoms with Gasteiger partial charge in [-0.3, -0.25) is 14.8 Å². The minimum Gasteiger partial charge on any atom is -0.504 e. The number of fused-ring (bicyclic) bond motifs is 2. The molecule has 1 spiro atoms. The number of aromatic nitrogens is 2. The van der Waals surface area contributed by atoms with E-state index < -0.39 is 17.1 Å². The number of phenolic OH excluding ortho intramolecular Hbond substituents is 1. The average Bonchev–Trinajstić information content (AvgIpc) is 3.51. The van der Waals surface area contributed by atoms with E-state index in [0.29, 0.717) is 24.0 Å². The molecule has 4 aliphatic rings. The number of hydrogen-bond acceptors (Lipinski definition) is 5. The summed E-state index contributed by atoms with van der Waals surface area (Å²) in [6.45, 7) is 6.09. The van der Waals surface area contributed by atoms with E-state index in [1.165, 1.54) is 12.8 Å². The van der Waals surface area contributed by atoms with Crippen LogP contribution in [0.4, 0.5) is 0 Å². The first-order valence-electron chi connectivity index (χ1n) is 13.0. The molecule has 0 radical (unpaired) electrons. The normalized spacial score (nSPS) is 34.3. The Bertz CT molecular complexity index is 1390. The molecule has 7 nitrogen and oxygen atoms in total. The van der Waals surface area contributed by atoms with Gasteiger partial charge in [0.2, 0.25) is 0 Å². The lowest BCUT2D eigenvalue weighted by molar-refractivity contribution is -0.187. The smallest absolute Gasteiger partial charge is 0.274 e. The minimum absolute atomic E-state index is 0.0453. The summed E-state index contributed by atoms with van der Waals surface area (Å²) in [5.74, 6) is 1.32. The zero-order valence-corrected chi connectivity index (χ0v) is 20.3. The maximum atomic E-state index is 13.5. The predicted octanol–water partition coefficient (Wildman–Crippen LogP) is 3.61. The van der Waals surface area contributed by atoms with Gasteiger partial charge in [0.05, 0.1) is 28.0 Å². The van der Waals surface area contributed by atoms with Crippen molar-refractivity contribution >= 4 is 10.9 Å². The number of benzene rings is 2. The fraction of sp³-hybridized carbons (Fsp3) is 0.536. The summed E-state index contributed by atoms with van der Waals surface area (Å²) >= 11 is 0. The largest absolute Gasteiger partial charge is 0.504 e. The van der Waals surface area contributed by atoms with Gasteiger partial charge in [0, 0.05) is 18.2 Å². The first-order chi connectivity index (χ1) is 16.8. The summed E-state index contributed by atoms with van der Waals surface area (Å²) in [6.07, 6.45) is 4.01. The molecule has 1 aromatic heterocycles. The zero-order chi connectivity index (χ0) is 24.1. The van der Waals surface area contributed by atoms with E-state index in [-0.39, 0.29) is 23.4 Å². The number of piperidine rings is 1. The number of aliphatic hydroxyl groups is 1. The van der Waals surface area contributed by atoms with Gasteiger partial charge in [-0.05, 0) is 82.2 Å². The number of aromatic hydroxyl groups is 1. The molecule has 1 saturated heterocycles. The number of rotatable bonds is 3. The van der Waals surface area contributed by atoms with E-state index in [2.05, 4.69) is 16.9 Å². The highest BCUT2D eigenvalue weighted by atomic mass is 16.5. The third kappa shape index (κ3) is 2.71. The molecule has 2 aromatic carbocycles. The first kappa shape index (κ1) is 21.5. The van der Waals surface area contributed by atoms with Gasteiger partial charge in [0.1, 0.15) is 6.10 Å². The lowest BCUT2D eigenvalue weighted by atomic mass is 9.51. The van der Waals surface area contributed by atoms with Crippen LogP contribution in [0, 0.1) is 12.8 Å². The number of nitrogens with one attached hydrogen (secondary N) is 1. The van der Waals surface area contributed by atoms with Gasteiger partial charge in [-0.15, -0.1) is 0 Å². The van der Waals surface area contributed by atoms with Crippen molar-refractivity contribution in [2.24, 2.45) is 5.92 Å². The van der Waals surface area contributed by atoms with E-state index >= 15 is 0 Å². The fourth-order valence-corrected chi connectivity index (χ4v) is 7.66. The Morgan fingerprint density at radius 2 is 1.94 bits per heavy atom. The number of nitrogens with zero attached hydrogens (tertiary/aromatic N) is 2. The molecule has 3 N–H and O–H groups in total. The van der Waals surface area contributed by atoms with E-state index in [9.17, 15) is 15.0 Å². The number of likely N-dealkylation sites (tertiary alicyclic amines) is 1. The summed E-state index contributed by atoms with van der Waals surface area (Å²) in [4.78, 5) is 15.9. The Kier molecular flexibility index (Phi) is 4.39. The van der Waals surface area contributed by atoms with Crippen LogP contribution < -0.4 is 10.3 Å². The summed E-state index contributed by atoms with van der Waals surface area (Å²) in [6, 6.07) is 10.8. The molecule has 0 amide bonds. The Morgan fingerprint density at radius 3 is 2.71 bits per heavy atom. The van der Waals surface area contributed by atoms with Crippen LogP contribution >= 0.6 is 0 Å². The molecule has 7 rings (SSSR count). The van der Waals surface area contributed by atoms with Crippen LogP contribution in [0.3, 0.4) is 0 Å². The third-order valence-corrected chi connectivity index (χ3v) is 9.64. The van der Waals surface area contributed by atoms with Crippen molar-refractivity contribution in [3.05, 3.63) is 57.9 Å². The Balaban J connectivity index is 1.41. The van der Waals surface area contributed by atoms with Crippen LogP contribution in [0.25, 0.3) is 10.9 Å². The van der Waals surface area contributed by atoms with Crippen LogP contribution in [0.1, 0.15) is 56.2 Å². The highest BCUT2D eigenvalue weighted by Crippen LogP contribution is 2.64. The van der Waals surface area contributed by atoms with Gasteiger partial charge in [0.15, 0.2) is 11.5 Å². The molecule has 35 heavy (non-hydrogen) atoms. The van der Waals surface area contributed by atoms with Crippen molar-refractivity contribution in [3.8, 4) is 11.5 Å². The van der Waals surface area contributed by atoms with Crippen molar-refractivity contribution in [1.82, 2.24) is 14.7 Å². The molecule has 7 heteroatoms. The second kappa shape index (κ2) is 7.14. The standard InChI is InChI=1S/C28H33N3O4/c1-16-7-10-22(32)24-23(16)27-13-14-30(15-18-8-9-18)17(2)28(27,34)12-11-21(25(27)35-24)31-26(33)19-5-3-4-6-20(19)29-31/h3-7,10,17-18,21,25,29,32,34H,8-9,11-15H2,1-2H3/t17-,21-,25+,27+,28-/m1/s1. The quantitative estimate of drug-likeness (QED) is 0.538. The number of ether oxygens (including phenoxy) is 1. The molecular formula is C28H33N3O4. The maximum Gasteiger partial charge on any atom is 0.274 e. The summed E-state index contributed by atoms with van der Waals surface area (Å²) < 4.78 is 8.35. The predicted molar refractivity (Wildman–Crippen MR) is 133 cm³/mol. The zero-order valence-electron chi connectivity index (χ0n) is 20.3. The van der Waals surface area contributed by atoms with Gasteiger partial charge in [0.25, 0.3) is 5.56 Å². The highest BCUT2D eigenvalue weighted by Gasteiger charge is 2.70. The van der Waals surface area contributed by atoms with Gasteiger partial charge >= 0.3 is 0 Å². The van der Waals surface area contributed by atoms with E-state index in [1.807, 2.05) is 37.3 Å². The van der Waals surface area contributed by atoms with Crippen LogP contribution in [0.2, 0.25) is 0 Å². The van der Waals surface area contributed by atoms with Crippen LogP contribution in [0.5, 0.6) is 11.5 Å². The van der Waals surface area contributed by atoms with Crippen LogP contribution in [0.15, 0.2) is 41.2 Å². The van der Waals surface area contributed by atoms with Gasteiger partial charge in [-0.1, -0.05) is 18.2 Å². The Morgan fingerprint density at radius 1 is 1.14 bits per heavy atom. The second-order valence-electron chi connectivity index (χ2n) is 11.3. The van der Waals surface area contributed by atoms with E-state index in [1.54, 1.807) is 10.7 Å². The molecule has 184 valence electrons.